The van der Waals surface area contributed by atoms with Crippen LogP contribution in [0, 0.1) is 5.92 Å². The van der Waals surface area contributed by atoms with Crippen molar-refractivity contribution >= 4 is 5.78 Å². The van der Waals surface area contributed by atoms with E-state index in [0.29, 0.717) is 18.2 Å². The van der Waals surface area contributed by atoms with Gasteiger partial charge in [0.2, 0.25) is 0 Å². The number of carbonyl (C=O) groups excluding carboxylic acids is 1. The molecule has 0 radical (unpaired) electrons. The van der Waals surface area contributed by atoms with Crippen LogP contribution >= 0.6 is 0 Å². The molecule has 1 unspecified atom stereocenters. The molecular formula is C10H21NO. The quantitative estimate of drug-likeness (QED) is 0.662. The van der Waals surface area contributed by atoms with Gasteiger partial charge in [0.15, 0.2) is 0 Å². The van der Waals surface area contributed by atoms with Crippen molar-refractivity contribution in [3.05, 3.63) is 0 Å². The lowest BCUT2D eigenvalue weighted by molar-refractivity contribution is -0.122. The smallest absolute Gasteiger partial charge is 0.136 e. The van der Waals surface area contributed by atoms with Crippen LogP contribution < -0.4 is 5.32 Å². The van der Waals surface area contributed by atoms with Crippen molar-refractivity contribution in [3.63, 3.8) is 0 Å². The van der Waals surface area contributed by atoms with Gasteiger partial charge in [-0.15, -0.1) is 0 Å². The largest absolute Gasteiger partial charge is 0.314 e. The maximum atomic E-state index is 11.3. The van der Waals surface area contributed by atoms with E-state index < -0.39 is 0 Å². The predicted octanol–water partition coefficient (Wildman–Crippen LogP) is 1.99. The fourth-order valence-corrected chi connectivity index (χ4v) is 0.958. The first-order valence-corrected chi connectivity index (χ1v) is 4.84. The number of rotatable bonds is 6. The van der Waals surface area contributed by atoms with Crippen LogP contribution in [0.5, 0.6) is 0 Å². The van der Waals surface area contributed by atoms with E-state index in [1.807, 2.05) is 6.92 Å². The van der Waals surface area contributed by atoms with Crippen molar-refractivity contribution in [2.45, 2.75) is 46.6 Å². The summed E-state index contributed by atoms with van der Waals surface area (Å²) in [6.45, 7) is 9.05. The van der Waals surface area contributed by atoms with Crippen molar-refractivity contribution in [1.29, 1.82) is 0 Å². The standard InChI is InChI=1S/C10H21NO/c1-5-9(4)10(12)6-7-11-8(2)3/h8-9,11H,5-7H2,1-4H3. The lowest BCUT2D eigenvalue weighted by Crippen LogP contribution is -2.26. The van der Waals surface area contributed by atoms with Crippen LogP contribution in [0.2, 0.25) is 0 Å². The van der Waals surface area contributed by atoms with E-state index in [2.05, 4.69) is 26.1 Å². The zero-order chi connectivity index (χ0) is 9.56. The van der Waals surface area contributed by atoms with Gasteiger partial charge in [-0.3, -0.25) is 4.79 Å². The molecule has 1 N–H and O–H groups in total. The van der Waals surface area contributed by atoms with Crippen LogP contribution in [0.15, 0.2) is 0 Å². The summed E-state index contributed by atoms with van der Waals surface area (Å²) in [6.07, 6.45) is 1.63. The number of Topliss-reactive ketones (excluding diaryl/α,β-unsaturated/α-hetero) is 1. The molecule has 0 spiro atoms. The number of nitrogens with one attached hydrogen (secondary N) is 1. The third kappa shape index (κ3) is 5.30. The Bertz CT molecular complexity index is 132. The van der Waals surface area contributed by atoms with E-state index in [1.54, 1.807) is 0 Å². The van der Waals surface area contributed by atoms with Gasteiger partial charge in [-0.05, 0) is 6.42 Å². The van der Waals surface area contributed by atoms with Crippen LogP contribution in [0.1, 0.15) is 40.5 Å². The highest BCUT2D eigenvalue weighted by Gasteiger charge is 2.09. The second-order valence-electron chi connectivity index (χ2n) is 3.63. The van der Waals surface area contributed by atoms with Crippen LogP contribution in [0.3, 0.4) is 0 Å². The zero-order valence-electron chi connectivity index (χ0n) is 8.68. The average molecular weight is 171 g/mol. The van der Waals surface area contributed by atoms with E-state index in [4.69, 9.17) is 0 Å². The van der Waals surface area contributed by atoms with Crippen molar-refractivity contribution in [2.75, 3.05) is 6.54 Å². The maximum absolute atomic E-state index is 11.3. The van der Waals surface area contributed by atoms with Crippen molar-refractivity contribution in [2.24, 2.45) is 5.92 Å². The molecule has 0 aromatic heterocycles. The topological polar surface area (TPSA) is 29.1 Å². The van der Waals surface area contributed by atoms with Gasteiger partial charge < -0.3 is 5.32 Å². The second-order valence-corrected chi connectivity index (χ2v) is 3.63. The third-order valence-electron chi connectivity index (χ3n) is 2.09. The summed E-state index contributed by atoms with van der Waals surface area (Å²) in [5.41, 5.74) is 0. The lowest BCUT2D eigenvalue weighted by atomic mass is 10.0. The number of hydrogen-bond donors (Lipinski definition) is 1. The number of ketones is 1. The third-order valence-corrected chi connectivity index (χ3v) is 2.09. The predicted molar refractivity (Wildman–Crippen MR) is 52.2 cm³/mol. The highest BCUT2D eigenvalue weighted by Crippen LogP contribution is 2.04. The summed E-state index contributed by atoms with van der Waals surface area (Å²) in [5, 5.41) is 3.23. The molecule has 0 aromatic rings. The molecule has 0 aliphatic carbocycles. The Morgan fingerprint density at radius 1 is 1.33 bits per heavy atom. The molecule has 12 heavy (non-hydrogen) atoms. The fraction of sp³-hybridized carbons (Fsp3) is 0.900. The van der Waals surface area contributed by atoms with Crippen LogP contribution in [-0.2, 0) is 4.79 Å². The average Bonchev–Trinajstić information content (AvgIpc) is 2.02. The fourth-order valence-electron chi connectivity index (χ4n) is 0.958. The van der Waals surface area contributed by atoms with Gasteiger partial charge in [-0.1, -0.05) is 27.7 Å². The molecule has 0 aliphatic rings. The Labute approximate surface area is 75.7 Å². The summed E-state index contributed by atoms with van der Waals surface area (Å²) in [4.78, 5) is 11.3. The summed E-state index contributed by atoms with van der Waals surface area (Å²) in [6, 6.07) is 0.481. The SMILES string of the molecule is CCC(C)C(=O)CCNC(C)C. The molecule has 2 heteroatoms. The molecule has 0 rings (SSSR count). The van der Waals surface area contributed by atoms with Gasteiger partial charge in [0, 0.05) is 24.9 Å². The molecule has 0 bridgehead atoms. The van der Waals surface area contributed by atoms with Crippen LogP contribution in [0.4, 0.5) is 0 Å². The van der Waals surface area contributed by atoms with E-state index >= 15 is 0 Å². The second kappa shape index (κ2) is 6.18. The van der Waals surface area contributed by atoms with Crippen LogP contribution in [0.25, 0.3) is 0 Å². The molecule has 2 nitrogen and oxygen atoms in total. The minimum absolute atomic E-state index is 0.235. The summed E-state index contributed by atoms with van der Waals surface area (Å²) >= 11 is 0. The molecule has 0 amide bonds. The Morgan fingerprint density at radius 3 is 2.33 bits per heavy atom. The number of hydrogen-bond acceptors (Lipinski definition) is 2. The number of carbonyl (C=O) groups is 1. The van der Waals surface area contributed by atoms with Gasteiger partial charge in [0.25, 0.3) is 0 Å². The summed E-state index contributed by atoms with van der Waals surface area (Å²) in [7, 11) is 0. The van der Waals surface area contributed by atoms with E-state index in [-0.39, 0.29) is 5.92 Å². The first-order chi connectivity index (χ1) is 5.57. The Balaban J connectivity index is 3.44. The first-order valence-electron chi connectivity index (χ1n) is 4.84. The van der Waals surface area contributed by atoms with Crippen molar-refractivity contribution in [1.82, 2.24) is 5.32 Å². The minimum atomic E-state index is 0.235. The van der Waals surface area contributed by atoms with Crippen LogP contribution in [-0.4, -0.2) is 18.4 Å². The molecule has 0 saturated heterocycles. The Morgan fingerprint density at radius 2 is 1.92 bits per heavy atom. The molecule has 0 saturated carbocycles. The highest BCUT2D eigenvalue weighted by atomic mass is 16.1. The lowest BCUT2D eigenvalue weighted by Gasteiger charge is -2.09. The summed E-state index contributed by atoms with van der Waals surface area (Å²) in [5.74, 6) is 0.615. The van der Waals surface area contributed by atoms with Crippen molar-refractivity contribution in [3.8, 4) is 0 Å². The molecule has 0 aromatic carbocycles. The molecule has 72 valence electrons. The maximum Gasteiger partial charge on any atom is 0.136 e. The van der Waals surface area contributed by atoms with Gasteiger partial charge >= 0.3 is 0 Å². The highest BCUT2D eigenvalue weighted by molar-refractivity contribution is 5.80. The minimum Gasteiger partial charge on any atom is -0.314 e. The van der Waals surface area contributed by atoms with Gasteiger partial charge in [-0.2, -0.15) is 0 Å². The normalized spacial score (nSPS) is 13.4. The van der Waals surface area contributed by atoms with E-state index in [0.717, 1.165) is 13.0 Å². The molecule has 0 aliphatic heterocycles. The van der Waals surface area contributed by atoms with Gasteiger partial charge in [-0.25, -0.2) is 0 Å². The Hall–Kier alpha value is -0.370. The van der Waals surface area contributed by atoms with Crippen molar-refractivity contribution < 1.29 is 4.79 Å². The van der Waals surface area contributed by atoms with E-state index in [9.17, 15) is 4.79 Å². The zero-order valence-corrected chi connectivity index (χ0v) is 8.68. The molecular weight excluding hydrogens is 150 g/mol. The Kier molecular flexibility index (Phi) is 5.99. The van der Waals surface area contributed by atoms with Gasteiger partial charge in [0.1, 0.15) is 5.78 Å². The molecule has 0 fully saturated rings. The first kappa shape index (κ1) is 11.6. The summed E-state index contributed by atoms with van der Waals surface area (Å²) < 4.78 is 0. The van der Waals surface area contributed by atoms with E-state index in [1.165, 1.54) is 0 Å². The molecule has 1 atom stereocenters. The van der Waals surface area contributed by atoms with Gasteiger partial charge in [0.05, 0.1) is 0 Å². The molecule has 0 heterocycles. The monoisotopic (exact) mass is 171 g/mol.